The highest BCUT2D eigenvalue weighted by atomic mass is 16.4. The zero-order valence-electron chi connectivity index (χ0n) is 14.4. The minimum absolute atomic E-state index is 0.0988. The molecule has 0 bridgehead atoms. The van der Waals surface area contributed by atoms with E-state index in [0.29, 0.717) is 12.8 Å². The van der Waals surface area contributed by atoms with Crippen molar-refractivity contribution in [3.8, 4) is 0 Å². The first-order chi connectivity index (χ1) is 12.1. The molecule has 1 aliphatic heterocycles. The molecule has 2 aliphatic rings. The first-order valence-electron chi connectivity index (χ1n) is 9.08. The molecule has 1 aromatic carbocycles. The molecule has 1 aliphatic carbocycles. The number of hydrogen-bond acceptors (Lipinski definition) is 3. The zero-order chi connectivity index (χ0) is 17.6. The number of allylic oxidation sites excluding steroid dienone is 2. The number of carbonyl (C=O) groups is 2. The molecule has 0 unspecified atom stereocenters. The molecule has 1 fully saturated rings. The van der Waals surface area contributed by atoms with Crippen LogP contribution >= 0.6 is 0 Å². The second kappa shape index (κ2) is 8.30. The molecule has 0 radical (unpaired) electrons. The third kappa shape index (κ3) is 4.69. The standard InChI is InChI=1S/C20H26N2O3/c23-19(17-8-4-5-9-18(17)20(24)25)21-16-10-12-22(13-11-16)14-15-6-2-1-3-7-15/h1-7,16-18H,8-14H2,(H,21,23)(H,24,25)/t17-,18-/m0/s1. The highest BCUT2D eigenvalue weighted by molar-refractivity contribution is 5.85. The molecule has 1 amide bonds. The van der Waals surface area contributed by atoms with Crippen LogP contribution < -0.4 is 5.32 Å². The SMILES string of the molecule is O=C(O)[C@H]1CC=CC[C@@H]1C(=O)NC1CCN(Cc2ccccc2)CC1. The second-order valence-electron chi connectivity index (χ2n) is 7.04. The summed E-state index contributed by atoms with van der Waals surface area (Å²) in [4.78, 5) is 26.3. The molecule has 3 rings (SSSR count). The minimum atomic E-state index is -0.873. The number of amides is 1. The topological polar surface area (TPSA) is 69.6 Å². The zero-order valence-corrected chi connectivity index (χ0v) is 14.4. The van der Waals surface area contributed by atoms with Gasteiger partial charge in [0.05, 0.1) is 11.8 Å². The molecule has 2 atom stereocenters. The van der Waals surface area contributed by atoms with Gasteiger partial charge in [-0.1, -0.05) is 42.5 Å². The van der Waals surface area contributed by atoms with Crippen molar-refractivity contribution in [1.82, 2.24) is 10.2 Å². The maximum absolute atomic E-state index is 12.5. The summed E-state index contributed by atoms with van der Waals surface area (Å²) < 4.78 is 0. The number of nitrogens with zero attached hydrogens (tertiary/aromatic N) is 1. The van der Waals surface area contributed by atoms with E-state index in [9.17, 15) is 14.7 Å². The monoisotopic (exact) mass is 342 g/mol. The van der Waals surface area contributed by atoms with Crippen molar-refractivity contribution in [3.63, 3.8) is 0 Å². The molecule has 0 spiro atoms. The number of hydrogen-bond donors (Lipinski definition) is 2. The van der Waals surface area contributed by atoms with E-state index in [1.54, 1.807) is 0 Å². The van der Waals surface area contributed by atoms with Gasteiger partial charge >= 0.3 is 5.97 Å². The van der Waals surface area contributed by atoms with Crippen LogP contribution in [-0.4, -0.2) is 41.0 Å². The van der Waals surface area contributed by atoms with Crippen LogP contribution in [0, 0.1) is 11.8 Å². The molecular formula is C20H26N2O3. The van der Waals surface area contributed by atoms with Gasteiger partial charge in [0.25, 0.3) is 0 Å². The van der Waals surface area contributed by atoms with Crippen LogP contribution in [-0.2, 0) is 16.1 Å². The maximum atomic E-state index is 12.5. The fourth-order valence-electron chi connectivity index (χ4n) is 3.76. The lowest BCUT2D eigenvalue weighted by molar-refractivity contribution is -0.147. The lowest BCUT2D eigenvalue weighted by atomic mass is 9.82. The number of rotatable bonds is 5. The highest BCUT2D eigenvalue weighted by Crippen LogP contribution is 2.26. The largest absolute Gasteiger partial charge is 0.481 e. The summed E-state index contributed by atoms with van der Waals surface area (Å²) in [5.41, 5.74) is 1.31. The fraction of sp³-hybridized carbons (Fsp3) is 0.500. The number of piperidine rings is 1. The Morgan fingerprint density at radius 1 is 1.04 bits per heavy atom. The molecule has 0 aromatic heterocycles. The van der Waals surface area contributed by atoms with E-state index in [-0.39, 0.29) is 11.9 Å². The summed E-state index contributed by atoms with van der Waals surface area (Å²) >= 11 is 0. The Labute approximate surface area is 148 Å². The Morgan fingerprint density at radius 3 is 2.32 bits per heavy atom. The number of aliphatic carboxylic acids is 1. The van der Waals surface area contributed by atoms with Gasteiger partial charge in [0.1, 0.15) is 0 Å². The van der Waals surface area contributed by atoms with E-state index >= 15 is 0 Å². The summed E-state index contributed by atoms with van der Waals surface area (Å²) in [5, 5.41) is 12.4. The smallest absolute Gasteiger partial charge is 0.307 e. The second-order valence-corrected chi connectivity index (χ2v) is 7.04. The molecule has 0 saturated carbocycles. The number of likely N-dealkylation sites (tertiary alicyclic amines) is 1. The Balaban J connectivity index is 1.47. The van der Waals surface area contributed by atoms with Crippen LogP contribution in [0.2, 0.25) is 0 Å². The normalized spacial score (nSPS) is 24.8. The third-order valence-corrected chi connectivity index (χ3v) is 5.27. The fourth-order valence-corrected chi connectivity index (χ4v) is 3.76. The van der Waals surface area contributed by atoms with E-state index in [1.807, 2.05) is 18.2 Å². The van der Waals surface area contributed by atoms with Crippen molar-refractivity contribution in [1.29, 1.82) is 0 Å². The molecular weight excluding hydrogens is 316 g/mol. The number of carboxylic acids is 1. The number of carboxylic acid groups (broad SMARTS) is 1. The molecule has 5 nitrogen and oxygen atoms in total. The quantitative estimate of drug-likeness (QED) is 0.807. The summed E-state index contributed by atoms with van der Waals surface area (Å²) in [6.45, 7) is 2.84. The van der Waals surface area contributed by atoms with Crippen LogP contribution in [0.15, 0.2) is 42.5 Å². The summed E-state index contributed by atoms with van der Waals surface area (Å²) in [5.74, 6) is -2.01. The minimum Gasteiger partial charge on any atom is -0.481 e. The molecule has 5 heteroatoms. The lowest BCUT2D eigenvalue weighted by Gasteiger charge is -2.34. The first kappa shape index (κ1) is 17.7. The maximum Gasteiger partial charge on any atom is 0.307 e. The van der Waals surface area contributed by atoms with E-state index in [1.165, 1.54) is 5.56 Å². The van der Waals surface area contributed by atoms with E-state index in [4.69, 9.17) is 0 Å². The van der Waals surface area contributed by atoms with Crippen molar-refractivity contribution in [2.45, 2.75) is 38.3 Å². The Hall–Kier alpha value is -2.14. The van der Waals surface area contributed by atoms with E-state index < -0.39 is 17.8 Å². The van der Waals surface area contributed by atoms with Crippen LogP contribution in [0.25, 0.3) is 0 Å². The van der Waals surface area contributed by atoms with Gasteiger partial charge in [-0.15, -0.1) is 0 Å². The number of carbonyl (C=O) groups excluding carboxylic acids is 1. The predicted molar refractivity (Wildman–Crippen MR) is 95.9 cm³/mol. The third-order valence-electron chi connectivity index (χ3n) is 5.27. The first-order valence-corrected chi connectivity index (χ1v) is 9.08. The van der Waals surface area contributed by atoms with Crippen LogP contribution in [0.5, 0.6) is 0 Å². The molecule has 1 saturated heterocycles. The van der Waals surface area contributed by atoms with Gasteiger partial charge in [0, 0.05) is 25.7 Å². The van der Waals surface area contributed by atoms with Crippen molar-refractivity contribution in [2.75, 3.05) is 13.1 Å². The molecule has 2 N–H and O–H groups in total. The van der Waals surface area contributed by atoms with Gasteiger partial charge in [-0.25, -0.2) is 0 Å². The van der Waals surface area contributed by atoms with Crippen molar-refractivity contribution >= 4 is 11.9 Å². The van der Waals surface area contributed by atoms with Gasteiger partial charge in [-0.05, 0) is 31.2 Å². The average molecular weight is 342 g/mol. The van der Waals surface area contributed by atoms with Crippen molar-refractivity contribution in [3.05, 3.63) is 48.0 Å². The van der Waals surface area contributed by atoms with Crippen LogP contribution in [0.4, 0.5) is 0 Å². The summed E-state index contributed by atoms with van der Waals surface area (Å²) in [6, 6.07) is 10.6. The van der Waals surface area contributed by atoms with Crippen molar-refractivity contribution in [2.24, 2.45) is 11.8 Å². The van der Waals surface area contributed by atoms with Crippen LogP contribution in [0.1, 0.15) is 31.2 Å². The van der Waals surface area contributed by atoms with E-state index in [2.05, 4.69) is 34.5 Å². The Bertz CT molecular complexity index is 621. The number of nitrogens with one attached hydrogen (secondary N) is 1. The molecule has 25 heavy (non-hydrogen) atoms. The summed E-state index contributed by atoms with van der Waals surface area (Å²) in [6.07, 6.45) is 6.59. The lowest BCUT2D eigenvalue weighted by Crippen LogP contribution is -2.48. The Kier molecular flexibility index (Phi) is 5.87. The van der Waals surface area contributed by atoms with E-state index in [0.717, 1.165) is 32.5 Å². The van der Waals surface area contributed by atoms with Gasteiger partial charge in [-0.2, -0.15) is 0 Å². The van der Waals surface area contributed by atoms with Crippen LogP contribution in [0.3, 0.4) is 0 Å². The van der Waals surface area contributed by atoms with Crippen molar-refractivity contribution < 1.29 is 14.7 Å². The van der Waals surface area contributed by atoms with Gasteiger partial charge in [0.2, 0.25) is 5.91 Å². The molecule has 1 heterocycles. The Morgan fingerprint density at radius 2 is 1.68 bits per heavy atom. The molecule has 1 aromatic rings. The van der Waals surface area contributed by atoms with Gasteiger partial charge < -0.3 is 10.4 Å². The number of benzene rings is 1. The highest BCUT2D eigenvalue weighted by Gasteiger charge is 2.35. The van der Waals surface area contributed by atoms with Gasteiger partial charge in [-0.3, -0.25) is 14.5 Å². The average Bonchev–Trinajstić information content (AvgIpc) is 2.64. The summed E-state index contributed by atoms with van der Waals surface area (Å²) in [7, 11) is 0. The van der Waals surface area contributed by atoms with Gasteiger partial charge in [0.15, 0.2) is 0 Å². The molecule has 134 valence electrons. The predicted octanol–water partition coefficient (Wildman–Crippen LogP) is 2.43.